The quantitative estimate of drug-likeness (QED) is 0.416. The van der Waals surface area contributed by atoms with Gasteiger partial charge in [-0.15, -0.1) is 23.2 Å². The lowest BCUT2D eigenvalue weighted by molar-refractivity contribution is 0.406. The van der Waals surface area contributed by atoms with Gasteiger partial charge in [-0.05, 0) is 0 Å². The highest BCUT2D eigenvalue weighted by Crippen LogP contribution is 2.19. The van der Waals surface area contributed by atoms with Crippen LogP contribution < -0.4 is 0 Å². The fraction of sp³-hybridized carbons (Fsp3) is 1.00. The molecule has 0 unspecified atom stereocenters. The molecule has 1 nitrogen and oxygen atoms in total. The Morgan fingerprint density at radius 3 is 2.57 bits per heavy atom. The molecule has 1 rings (SSSR count). The van der Waals surface area contributed by atoms with E-state index in [1.54, 1.807) is 0 Å². The van der Waals surface area contributed by atoms with E-state index in [0.717, 1.165) is 6.61 Å². The largest absolute Gasteiger partial charge is 0.371 e. The Morgan fingerprint density at radius 1 is 1.86 bits per heavy atom. The van der Waals surface area contributed by atoms with Crippen molar-refractivity contribution in [2.24, 2.45) is 0 Å². The van der Waals surface area contributed by atoms with Gasteiger partial charge in [0.05, 0.1) is 18.1 Å². The van der Waals surface area contributed by atoms with Crippen LogP contribution in [0.1, 0.15) is 0 Å². The van der Waals surface area contributed by atoms with Crippen molar-refractivity contribution in [3.63, 3.8) is 0 Å². The summed E-state index contributed by atoms with van der Waals surface area (Å²) < 4.78 is 4.84. The molecule has 0 radical (unpaired) electrons. The van der Waals surface area contributed by atoms with Crippen LogP contribution in [0.2, 0.25) is 0 Å². The zero-order chi connectivity index (χ0) is 5.28. The summed E-state index contributed by atoms with van der Waals surface area (Å²) in [6.07, 6.45) is 0.249. The Bertz CT molecular complexity index is 62.7. The highest BCUT2D eigenvalue weighted by molar-refractivity contribution is 6.28. The highest BCUT2D eigenvalue weighted by Gasteiger charge is 2.30. The van der Waals surface area contributed by atoms with E-state index < -0.39 is 0 Å². The molecular formula is C4H6Cl2O. The summed E-state index contributed by atoms with van der Waals surface area (Å²) in [4.78, 5) is 0. The number of ether oxygens (including phenoxy) is 1. The minimum atomic E-state index is 0.0293. The number of rotatable bonds is 2. The molecule has 0 bridgehead atoms. The predicted octanol–water partition coefficient (Wildman–Crippen LogP) is 1.23. The van der Waals surface area contributed by atoms with Crippen LogP contribution in [-0.4, -0.2) is 24.0 Å². The number of epoxide rings is 1. The number of halogens is 2. The Kier molecular flexibility index (Phi) is 1.79. The molecule has 1 fully saturated rings. The van der Waals surface area contributed by atoms with Gasteiger partial charge < -0.3 is 4.74 Å². The Balaban J connectivity index is 2.10. The van der Waals surface area contributed by atoms with E-state index in [1.165, 1.54) is 0 Å². The monoisotopic (exact) mass is 140 g/mol. The van der Waals surface area contributed by atoms with Gasteiger partial charge in [-0.2, -0.15) is 0 Å². The van der Waals surface area contributed by atoms with Crippen LogP contribution in [0, 0.1) is 0 Å². The second kappa shape index (κ2) is 2.21. The van der Waals surface area contributed by atoms with Gasteiger partial charge in [-0.1, -0.05) is 0 Å². The lowest BCUT2D eigenvalue weighted by Crippen LogP contribution is -2.07. The zero-order valence-electron chi connectivity index (χ0n) is 3.73. The molecule has 2 atom stereocenters. The first kappa shape index (κ1) is 5.67. The first-order valence-corrected chi connectivity index (χ1v) is 3.13. The minimum absolute atomic E-state index is 0.0293. The molecule has 0 aromatic rings. The Hall–Kier alpha value is 0.540. The van der Waals surface area contributed by atoms with E-state index in [2.05, 4.69) is 0 Å². The van der Waals surface area contributed by atoms with Gasteiger partial charge in [0.15, 0.2) is 0 Å². The van der Waals surface area contributed by atoms with E-state index in [0.29, 0.717) is 5.88 Å². The second-order valence-electron chi connectivity index (χ2n) is 1.54. The molecule has 1 saturated heterocycles. The van der Waals surface area contributed by atoms with Crippen LogP contribution >= 0.6 is 23.2 Å². The van der Waals surface area contributed by atoms with Gasteiger partial charge in [-0.3, -0.25) is 0 Å². The van der Waals surface area contributed by atoms with Crippen molar-refractivity contribution in [1.82, 2.24) is 0 Å². The first-order valence-electron chi connectivity index (χ1n) is 2.16. The third kappa shape index (κ3) is 1.48. The lowest BCUT2D eigenvalue weighted by Gasteiger charge is -1.94. The Morgan fingerprint density at radius 2 is 2.43 bits per heavy atom. The fourth-order valence-corrected chi connectivity index (χ4v) is 0.708. The van der Waals surface area contributed by atoms with Crippen molar-refractivity contribution < 1.29 is 4.74 Å². The average molecular weight is 141 g/mol. The molecule has 0 amide bonds. The number of alkyl halides is 2. The summed E-state index contributed by atoms with van der Waals surface area (Å²) in [6.45, 7) is 0.793. The van der Waals surface area contributed by atoms with Crippen molar-refractivity contribution in [2.75, 3.05) is 12.5 Å². The molecule has 42 valence electrons. The molecule has 0 saturated carbocycles. The summed E-state index contributed by atoms with van der Waals surface area (Å²) in [5.41, 5.74) is 0. The van der Waals surface area contributed by atoms with Crippen molar-refractivity contribution in [2.45, 2.75) is 11.5 Å². The van der Waals surface area contributed by atoms with Crippen LogP contribution in [0.4, 0.5) is 0 Å². The molecule has 0 aromatic heterocycles. The second-order valence-corrected chi connectivity index (χ2v) is 2.41. The summed E-state index contributed by atoms with van der Waals surface area (Å²) in [5.74, 6) is 0.492. The van der Waals surface area contributed by atoms with Crippen molar-refractivity contribution in [1.29, 1.82) is 0 Å². The molecule has 7 heavy (non-hydrogen) atoms. The fourth-order valence-electron chi connectivity index (χ4n) is 0.364. The van der Waals surface area contributed by atoms with Crippen LogP contribution in [0.25, 0.3) is 0 Å². The lowest BCUT2D eigenvalue weighted by atomic mass is 10.4. The normalized spacial score (nSPS) is 32.6. The van der Waals surface area contributed by atoms with E-state index >= 15 is 0 Å². The number of hydrogen-bond donors (Lipinski definition) is 0. The SMILES string of the molecule is ClC[C@@H](Cl)[C@H]1CO1. The summed E-state index contributed by atoms with van der Waals surface area (Å²) in [5, 5.41) is 0.0293. The minimum Gasteiger partial charge on any atom is -0.371 e. The predicted molar refractivity (Wildman–Crippen MR) is 30.1 cm³/mol. The molecule has 0 N–H and O–H groups in total. The molecule has 1 aliphatic heterocycles. The smallest absolute Gasteiger partial charge is 0.0984 e. The molecule has 0 spiro atoms. The zero-order valence-corrected chi connectivity index (χ0v) is 5.24. The van der Waals surface area contributed by atoms with Gasteiger partial charge in [0, 0.05) is 5.88 Å². The third-order valence-corrected chi connectivity index (χ3v) is 1.84. The molecule has 3 heteroatoms. The number of hydrogen-bond acceptors (Lipinski definition) is 1. The Labute approximate surface area is 52.5 Å². The van der Waals surface area contributed by atoms with E-state index in [-0.39, 0.29) is 11.5 Å². The van der Waals surface area contributed by atoms with Gasteiger partial charge in [0.2, 0.25) is 0 Å². The van der Waals surface area contributed by atoms with Crippen LogP contribution in [0.3, 0.4) is 0 Å². The van der Waals surface area contributed by atoms with Gasteiger partial charge in [0.1, 0.15) is 0 Å². The van der Waals surface area contributed by atoms with Crippen LogP contribution in [-0.2, 0) is 4.74 Å². The third-order valence-electron chi connectivity index (χ3n) is 0.910. The summed E-state index contributed by atoms with van der Waals surface area (Å²) in [7, 11) is 0. The van der Waals surface area contributed by atoms with Gasteiger partial charge >= 0.3 is 0 Å². The first-order chi connectivity index (χ1) is 3.34. The summed E-state index contributed by atoms with van der Waals surface area (Å²) >= 11 is 11.0. The van der Waals surface area contributed by atoms with E-state index in [4.69, 9.17) is 27.9 Å². The molecule has 1 heterocycles. The maximum atomic E-state index is 5.61. The van der Waals surface area contributed by atoms with Gasteiger partial charge in [-0.25, -0.2) is 0 Å². The molecule has 1 aliphatic rings. The molecule has 0 aromatic carbocycles. The van der Waals surface area contributed by atoms with Crippen LogP contribution in [0.5, 0.6) is 0 Å². The van der Waals surface area contributed by atoms with E-state index in [1.807, 2.05) is 0 Å². The van der Waals surface area contributed by atoms with Crippen LogP contribution in [0.15, 0.2) is 0 Å². The standard InChI is InChI=1S/C4H6Cl2O/c5-1-3(6)4-2-7-4/h3-4H,1-2H2/t3-,4-/m1/s1. The highest BCUT2D eigenvalue weighted by atomic mass is 35.5. The van der Waals surface area contributed by atoms with Crippen molar-refractivity contribution in [3.05, 3.63) is 0 Å². The van der Waals surface area contributed by atoms with E-state index in [9.17, 15) is 0 Å². The molecule has 0 aliphatic carbocycles. The molecular weight excluding hydrogens is 135 g/mol. The van der Waals surface area contributed by atoms with Gasteiger partial charge in [0.25, 0.3) is 0 Å². The maximum absolute atomic E-state index is 5.61. The van der Waals surface area contributed by atoms with Crippen molar-refractivity contribution >= 4 is 23.2 Å². The van der Waals surface area contributed by atoms with Crippen molar-refractivity contribution in [3.8, 4) is 0 Å². The average Bonchev–Trinajstić information content (AvgIpc) is 2.44. The summed E-state index contributed by atoms with van der Waals surface area (Å²) in [6, 6.07) is 0. The topological polar surface area (TPSA) is 12.5 Å². The maximum Gasteiger partial charge on any atom is 0.0984 e.